The van der Waals surface area contributed by atoms with Crippen LogP contribution in [0.5, 0.6) is 5.75 Å². The molecular weight excluding hydrogens is 340 g/mol. The van der Waals surface area contributed by atoms with E-state index < -0.39 is 0 Å². The van der Waals surface area contributed by atoms with Crippen molar-refractivity contribution in [2.45, 2.75) is 51.4 Å². The summed E-state index contributed by atoms with van der Waals surface area (Å²) in [4.78, 5) is 7.24. The van der Waals surface area contributed by atoms with Gasteiger partial charge in [0.2, 0.25) is 0 Å². The second kappa shape index (κ2) is 6.32. The van der Waals surface area contributed by atoms with Gasteiger partial charge in [-0.05, 0) is 37.5 Å². The molecule has 0 spiro atoms. The summed E-state index contributed by atoms with van der Waals surface area (Å²) in [5.41, 5.74) is 6.65. The minimum atomic E-state index is -0.00669. The fourth-order valence-electron chi connectivity index (χ4n) is 4.81. The van der Waals surface area contributed by atoms with Crippen LogP contribution >= 0.6 is 0 Å². The van der Waals surface area contributed by atoms with Gasteiger partial charge in [0, 0.05) is 48.4 Å². The van der Waals surface area contributed by atoms with E-state index in [2.05, 4.69) is 33.3 Å². The van der Waals surface area contributed by atoms with Crippen molar-refractivity contribution in [3.63, 3.8) is 0 Å². The lowest BCUT2D eigenvalue weighted by molar-refractivity contribution is 0.165. The van der Waals surface area contributed by atoms with Crippen LogP contribution in [0, 0.1) is 6.92 Å². The number of aliphatic hydroxyl groups is 1. The maximum atomic E-state index is 9.62. The number of aromatic nitrogens is 3. The Morgan fingerprint density at radius 1 is 1.26 bits per heavy atom. The largest absolute Gasteiger partial charge is 0.496 e. The van der Waals surface area contributed by atoms with Gasteiger partial charge in [0.25, 0.3) is 0 Å². The highest BCUT2D eigenvalue weighted by Gasteiger charge is 2.41. The van der Waals surface area contributed by atoms with Gasteiger partial charge in [0.05, 0.1) is 25.1 Å². The first-order valence-corrected chi connectivity index (χ1v) is 9.54. The van der Waals surface area contributed by atoms with Gasteiger partial charge < -0.3 is 9.84 Å². The molecular formula is C21H24N4O2. The zero-order valence-electron chi connectivity index (χ0n) is 15.7. The van der Waals surface area contributed by atoms with Gasteiger partial charge in [-0.2, -0.15) is 5.10 Å². The Hall–Kier alpha value is -2.44. The van der Waals surface area contributed by atoms with Crippen molar-refractivity contribution >= 4 is 5.65 Å². The van der Waals surface area contributed by atoms with Crippen molar-refractivity contribution in [1.29, 1.82) is 0 Å². The van der Waals surface area contributed by atoms with Gasteiger partial charge in [-0.3, -0.25) is 4.90 Å². The van der Waals surface area contributed by atoms with Crippen LogP contribution in [0.15, 0.2) is 30.5 Å². The van der Waals surface area contributed by atoms with Gasteiger partial charge in [-0.15, -0.1) is 0 Å². The number of aryl methyl sites for hydroxylation is 1. The molecule has 2 bridgehead atoms. The van der Waals surface area contributed by atoms with Crippen molar-refractivity contribution in [2.24, 2.45) is 0 Å². The number of hydrogen-bond acceptors (Lipinski definition) is 5. The molecule has 0 radical (unpaired) electrons. The number of nitrogens with zero attached hydrogens (tertiary/aromatic N) is 4. The third kappa shape index (κ3) is 2.63. The second-order valence-corrected chi connectivity index (χ2v) is 7.64. The topological polar surface area (TPSA) is 62.9 Å². The van der Waals surface area contributed by atoms with Crippen LogP contribution in [0.3, 0.4) is 0 Å². The summed E-state index contributed by atoms with van der Waals surface area (Å²) in [5, 5.41) is 14.3. The average molecular weight is 364 g/mol. The highest BCUT2D eigenvalue weighted by atomic mass is 16.5. The van der Waals surface area contributed by atoms with Gasteiger partial charge in [0.15, 0.2) is 5.65 Å². The maximum absolute atomic E-state index is 9.62. The third-order valence-corrected chi connectivity index (χ3v) is 6.05. The van der Waals surface area contributed by atoms with E-state index in [9.17, 15) is 5.11 Å². The monoisotopic (exact) mass is 364 g/mol. The predicted octanol–water partition coefficient (Wildman–Crippen LogP) is 2.80. The van der Waals surface area contributed by atoms with E-state index in [1.807, 2.05) is 23.6 Å². The Morgan fingerprint density at radius 2 is 2.15 bits per heavy atom. The van der Waals surface area contributed by atoms with Crippen molar-refractivity contribution in [2.75, 3.05) is 7.11 Å². The van der Waals surface area contributed by atoms with Crippen LogP contribution in [-0.4, -0.2) is 37.8 Å². The van der Waals surface area contributed by atoms with Gasteiger partial charge >= 0.3 is 0 Å². The number of fused-ring (bicyclic) bond motifs is 6. The Labute approximate surface area is 158 Å². The SMILES string of the molecule is COc1ccc(CN2[C@@H]3CC[C@H]2c2cnc4cc(C)nn4c2C3)cc1CO. The van der Waals surface area contributed by atoms with E-state index in [1.54, 1.807) is 7.11 Å². The molecule has 1 fully saturated rings. The van der Waals surface area contributed by atoms with E-state index in [1.165, 1.54) is 23.2 Å². The van der Waals surface area contributed by atoms with E-state index in [-0.39, 0.29) is 6.61 Å². The second-order valence-electron chi connectivity index (χ2n) is 7.64. The summed E-state index contributed by atoms with van der Waals surface area (Å²) < 4.78 is 7.38. The van der Waals surface area contributed by atoms with Crippen LogP contribution in [0.25, 0.3) is 5.65 Å². The highest BCUT2D eigenvalue weighted by molar-refractivity contribution is 5.44. The summed E-state index contributed by atoms with van der Waals surface area (Å²) in [6.45, 7) is 2.89. The van der Waals surface area contributed by atoms with Crippen molar-refractivity contribution in [1.82, 2.24) is 19.5 Å². The predicted molar refractivity (Wildman–Crippen MR) is 102 cm³/mol. The number of methoxy groups -OCH3 is 1. The fourth-order valence-corrected chi connectivity index (χ4v) is 4.81. The molecule has 6 heteroatoms. The van der Waals surface area contributed by atoms with Gasteiger partial charge in [0.1, 0.15) is 5.75 Å². The van der Waals surface area contributed by atoms with Gasteiger partial charge in [-0.25, -0.2) is 9.50 Å². The molecule has 3 aromatic rings. The summed E-state index contributed by atoms with van der Waals surface area (Å²) in [6.07, 6.45) is 5.42. The van der Waals surface area contributed by atoms with Crippen molar-refractivity contribution < 1.29 is 9.84 Å². The first kappa shape index (κ1) is 16.7. The summed E-state index contributed by atoms with van der Waals surface area (Å²) in [5.74, 6) is 0.744. The Balaban J connectivity index is 1.49. The quantitative estimate of drug-likeness (QED) is 0.771. The molecule has 5 rings (SSSR count). The van der Waals surface area contributed by atoms with Crippen LogP contribution in [0.2, 0.25) is 0 Å². The van der Waals surface area contributed by atoms with E-state index in [4.69, 9.17) is 4.74 Å². The lowest BCUT2D eigenvalue weighted by atomic mass is 9.98. The maximum Gasteiger partial charge on any atom is 0.155 e. The molecule has 1 N–H and O–H groups in total. The Bertz CT molecular complexity index is 1010. The molecule has 6 nitrogen and oxygen atoms in total. The molecule has 2 aliphatic heterocycles. The summed E-state index contributed by atoms with van der Waals surface area (Å²) in [6, 6.07) is 9.08. The molecule has 0 unspecified atom stereocenters. The lowest BCUT2D eigenvalue weighted by Crippen LogP contribution is -2.38. The summed E-state index contributed by atoms with van der Waals surface area (Å²) in [7, 11) is 1.64. The van der Waals surface area contributed by atoms with E-state index in [0.29, 0.717) is 12.1 Å². The molecule has 0 saturated carbocycles. The third-order valence-electron chi connectivity index (χ3n) is 6.05. The molecule has 2 aromatic heterocycles. The Kier molecular flexibility index (Phi) is 3.91. The van der Waals surface area contributed by atoms with Crippen LogP contribution in [0.1, 0.15) is 47.0 Å². The number of aliphatic hydroxyl groups excluding tert-OH is 1. The van der Waals surface area contributed by atoms with Gasteiger partial charge in [-0.1, -0.05) is 6.07 Å². The normalized spacial score (nSPS) is 21.6. The van der Waals surface area contributed by atoms with E-state index in [0.717, 1.165) is 42.0 Å². The number of ether oxygens (including phenoxy) is 1. The number of benzene rings is 1. The first-order chi connectivity index (χ1) is 13.2. The molecule has 0 aliphatic carbocycles. The standard InChI is InChI=1S/C21H24N4O2/c1-13-7-21-22-10-17-18-5-4-16(9-19(17)25(21)23-13)24(18)11-14-3-6-20(27-2)15(8-14)12-26/h3,6-8,10,16,18,26H,4-5,9,11-12H2,1-2H3/t16-,18+/m1/s1. The fraction of sp³-hybridized carbons (Fsp3) is 0.429. The summed E-state index contributed by atoms with van der Waals surface area (Å²) >= 11 is 0. The smallest absolute Gasteiger partial charge is 0.155 e. The molecule has 1 aromatic carbocycles. The van der Waals surface area contributed by atoms with Crippen LogP contribution in [-0.2, 0) is 19.6 Å². The van der Waals surface area contributed by atoms with Crippen molar-refractivity contribution in [3.8, 4) is 5.75 Å². The first-order valence-electron chi connectivity index (χ1n) is 9.54. The van der Waals surface area contributed by atoms with E-state index >= 15 is 0 Å². The molecule has 4 heterocycles. The molecule has 2 aliphatic rings. The van der Waals surface area contributed by atoms with Crippen LogP contribution < -0.4 is 4.74 Å². The average Bonchev–Trinajstić information content (AvgIpc) is 3.19. The van der Waals surface area contributed by atoms with Crippen molar-refractivity contribution in [3.05, 3.63) is 58.5 Å². The number of rotatable bonds is 4. The molecule has 27 heavy (non-hydrogen) atoms. The number of hydrogen-bond donors (Lipinski definition) is 1. The zero-order chi connectivity index (χ0) is 18.5. The Morgan fingerprint density at radius 3 is 2.96 bits per heavy atom. The minimum Gasteiger partial charge on any atom is -0.496 e. The highest BCUT2D eigenvalue weighted by Crippen LogP contribution is 2.44. The minimum absolute atomic E-state index is 0.00669. The molecule has 2 atom stereocenters. The van der Waals surface area contributed by atoms with Crippen LogP contribution in [0.4, 0.5) is 0 Å². The molecule has 1 saturated heterocycles. The molecule has 0 amide bonds. The molecule has 140 valence electrons. The zero-order valence-corrected chi connectivity index (χ0v) is 15.7. The lowest BCUT2D eigenvalue weighted by Gasteiger charge is -2.36.